The van der Waals surface area contributed by atoms with Crippen LogP contribution in [0.25, 0.3) is 0 Å². The van der Waals surface area contributed by atoms with Crippen LogP contribution in [0.15, 0.2) is 42.5 Å². The molecule has 0 heterocycles. The minimum Gasteiger partial charge on any atom is -0.493 e. The van der Waals surface area contributed by atoms with Gasteiger partial charge in [0.1, 0.15) is 6.29 Å². The van der Waals surface area contributed by atoms with E-state index in [1.807, 2.05) is 0 Å². The van der Waals surface area contributed by atoms with Crippen LogP contribution in [0.2, 0.25) is 0 Å². The van der Waals surface area contributed by atoms with Gasteiger partial charge in [-0.15, -0.1) is 0 Å². The monoisotopic (exact) mass is 285 g/mol. The van der Waals surface area contributed by atoms with Gasteiger partial charge in [0.15, 0.2) is 11.5 Å². The molecule has 0 atom stereocenters. The Hall–Kier alpha value is -2.82. The molecule has 0 aliphatic rings. The third kappa shape index (κ3) is 3.39. The van der Waals surface area contributed by atoms with Gasteiger partial charge in [-0.1, -0.05) is 0 Å². The van der Waals surface area contributed by atoms with Gasteiger partial charge in [0, 0.05) is 16.8 Å². The molecule has 5 nitrogen and oxygen atoms in total. The van der Waals surface area contributed by atoms with Gasteiger partial charge in [0.05, 0.1) is 14.2 Å². The van der Waals surface area contributed by atoms with E-state index in [0.717, 1.165) is 6.29 Å². The molecule has 0 radical (unpaired) electrons. The van der Waals surface area contributed by atoms with Crippen molar-refractivity contribution in [1.29, 1.82) is 0 Å². The highest BCUT2D eigenvalue weighted by Crippen LogP contribution is 2.27. The zero-order valence-corrected chi connectivity index (χ0v) is 11.8. The predicted octanol–water partition coefficient (Wildman–Crippen LogP) is 2.77. The van der Waals surface area contributed by atoms with Gasteiger partial charge in [-0.05, 0) is 42.5 Å². The highest BCUT2D eigenvalue weighted by molar-refractivity contribution is 6.04. The number of rotatable bonds is 5. The van der Waals surface area contributed by atoms with Crippen molar-refractivity contribution in [1.82, 2.24) is 0 Å². The van der Waals surface area contributed by atoms with Crippen molar-refractivity contribution in [3.05, 3.63) is 53.6 Å². The van der Waals surface area contributed by atoms with Crippen LogP contribution >= 0.6 is 0 Å². The van der Waals surface area contributed by atoms with Gasteiger partial charge >= 0.3 is 0 Å². The van der Waals surface area contributed by atoms with E-state index in [1.165, 1.54) is 14.2 Å². The number of hydrogen-bond donors (Lipinski definition) is 1. The number of ether oxygens (including phenoxy) is 2. The summed E-state index contributed by atoms with van der Waals surface area (Å²) in [6, 6.07) is 11.5. The lowest BCUT2D eigenvalue weighted by Crippen LogP contribution is -2.12. The number of aldehydes is 1. The molecule has 0 fully saturated rings. The maximum absolute atomic E-state index is 12.2. The van der Waals surface area contributed by atoms with Crippen LogP contribution in [0, 0.1) is 0 Å². The Labute approximate surface area is 122 Å². The third-order valence-electron chi connectivity index (χ3n) is 2.95. The number of carbonyl (C=O) groups excluding carboxylic acids is 2. The number of amides is 1. The average molecular weight is 285 g/mol. The van der Waals surface area contributed by atoms with Gasteiger partial charge in [0.25, 0.3) is 5.91 Å². The summed E-state index contributed by atoms with van der Waals surface area (Å²) >= 11 is 0. The minimum absolute atomic E-state index is 0.269. The highest BCUT2D eigenvalue weighted by Gasteiger charge is 2.10. The second-order valence-corrected chi connectivity index (χ2v) is 4.26. The predicted molar refractivity (Wildman–Crippen MR) is 79.3 cm³/mol. The molecule has 0 unspecified atom stereocenters. The number of benzene rings is 2. The molecule has 0 aliphatic carbocycles. The maximum atomic E-state index is 12.2. The Balaban J connectivity index is 2.17. The fourth-order valence-corrected chi connectivity index (χ4v) is 1.83. The SMILES string of the molecule is COc1ccc(C(=O)Nc2ccc(C=O)cc2)cc1OC. The molecule has 0 aromatic heterocycles. The largest absolute Gasteiger partial charge is 0.493 e. The van der Waals surface area contributed by atoms with E-state index in [0.29, 0.717) is 28.3 Å². The Morgan fingerprint density at radius 2 is 1.67 bits per heavy atom. The molecule has 0 aliphatic heterocycles. The Kier molecular flexibility index (Phi) is 4.56. The zero-order chi connectivity index (χ0) is 15.2. The van der Waals surface area contributed by atoms with E-state index in [1.54, 1.807) is 42.5 Å². The second kappa shape index (κ2) is 6.56. The molecular formula is C16H15NO4. The quantitative estimate of drug-likeness (QED) is 0.858. The van der Waals surface area contributed by atoms with E-state index in [4.69, 9.17) is 9.47 Å². The first-order chi connectivity index (χ1) is 10.2. The number of nitrogens with one attached hydrogen (secondary N) is 1. The van der Waals surface area contributed by atoms with Gasteiger partial charge in [-0.3, -0.25) is 9.59 Å². The number of carbonyl (C=O) groups is 2. The Morgan fingerprint density at radius 1 is 1.00 bits per heavy atom. The lowest BCUT2D eigenvalue weighted by atomic mass is 10.1. The normalized spacial score (nSPS) is 9.81. The summed E-state index contributed by atoms with van der Waals surface area (Å²) in [5, 5.41) is 2.75. The van der Waals surface area contributed by atoms with E-state index in [9.17, 15) is 9.59 Å². The molecule has 108 valence electrons. The van der Waals surface area contributed by atoms with E-state index in [2.05, 4.69) is 5.32 Å². The number of hydrogen-bond acceptors (Lipinski definition) is 4. The van der Waals surface area contributed by atoms with E-state index in [-0.39, 0.29) is 5.91 Å². The van der Waals surface area contributed by atoms with Gasteiger partial charge < -0.3 is 14.8 Å². The van der Waals surface area contributed by atoms with Crippen molar-refractivity contribution in [3.8, 4) is 11.5 Å². The van der Waals surface area contributed by atoms with Crippen molar-refractivity contribution in [2.24, 2.45) is 0 Å². The molecule has 1 N–H and O–H groups in total. The molecule has 5 heteroatoms. The number of methoxy groups -OCH3 is 2. The molecule has 0 spiro atoms. The lowest BCUT2D eigenvalue weighted by Gasteiger charge is -2.10. The summed E-state index contributed by atoms with van der Waals surface area (Å²) in [6.45, 7) is 0. The smallest absolute Gasteiger partial charge is 0.255 e. The fourth-order valence-electron chi connectivity index (χ4n) is 1.83. The van der Waals surface area contributed by atoms with Crippen molar-refractivity contribution >= 4 is 17.9 Å². The zero-order valence-electron chi connectivity index (χ0n) is 11.8. The molecule has 1 amide bonds. The van der Waals surface area contributed by atoms with Crippen LogP contribution in [-0.2, 0) is 0 Å². The van der Waals surface area contributed by atoms with Crippen molar-refractivity contribution < 1.29 is 19.1 Å². The summed E-state index contributed by atoms with van der Waals surface area (Å²) in [6.07, 6.45) is 0.750. The minimum atomic E-state index is -0.269. The highest BCUT2D eigenvalue weighted by atomic mass is 16.5. The second-order valence-electron chi connectivity index (χ2n) is 4.26. The molecule has 21 heavy (non-hydrogen) atoms. The van der Waals surface area contributed by atoms with Gasteiger partial charge in [0.2, 0.25) is 0 Å². The summed E-state index contributed by atoms with van der Waals surface area (Å²) in [5.41, 5.74) is 1.62. The summed E-state index contributed by atoms with van der Waals surface area (Å²) in [4.78, 5) is 22.7. The van der Waals surface area contributed by atoms with E-state index < -0.39 is 0 Å². The first kappa shape index (κ1) is 14.6. The van der Waals surface area contributed by atoms with Crippen molar-refractivity contribution in [3.63, 3.8) is 0 Å². The maximum Gasteiger partial charge on any atom is 0.255 e. The topological polar surface area (TPSA) is 64.6 Å². The molecule has 2 aromatic rings. The van der Waals surface area contributed by atoms with Gasteiger partial charge in [-0.2, -0.15) is 0 Å². The van der Waals surface area contributed by atoms with Crippen molar-refractivity contribution in [2.45, 2.75) is 0 Å². The first-order valence-corrected chi connectivity index (χ1v) is 6.26. The molecular weight excluding hydrogens is 270 g/mol. The average Bonchev–Trinajstić information content (AvgIpc) is 2.54. The fraction of sp³-hybridized carbons (Fsp3) is 0.125. The van der Waals surface area contributed by atoms with Crippen molar-refractivity contribution in [2.75, 3.05) is 19.5 Å². The summed E-state index contributed by atoms with van der Waals surface area (Å²) < 4.78 is 10.3. The number of anilines is 1. The Bertz CT molecular complexity index is 650. The van der Waals surface area contributed by atoms with Crippen LogP contribution in [0.5, 0.6) is 11.5 Å². The van der Waals surface area contributed by atoms with Gasteiger partial charge in [-0.25, -0.2) is 0 Å². The summed E-state index contributed by atoms with van der Waals surface area (Å²) in [7, 11) is 3.05. The standard InChI is InChI=1S/C16H15NO4/c1-20-14-8-5-12(9-15(14)21-2)16(19)17-13-6-3-11(10-18)4-7-13/h3-10H,1-2H3,(H,17,19). The lowest BCUT2D eigenvalue weighted by molar-refractivity contribution is 0.102. The molecule has 0 saturated heterocycles. The molecule has 2 aromatic carbocycles. The van der Waals surface area contributed by atoms with Crippen LogP contribution < -0.4 is 14.8 Å². The molecule has 2 rings (SSSR count). The Morgan fingerprint density at radius 3 is 2.24 bits per heavy atom. The molecule has 0 bridgehead atoms. The summed E-state index contributed by atoms with van der Waals surface area (Å²) in [5.74, 6) is 0.778. The molecule has 0 saturated carbocycles. The van der Waals surface area contributed by atoms with Crippen LogP contribution in [0.4, 0.5) is 5.69 Å². The van der Waals surface area contributed by atoms with Crippen LogP contribution in [0.3, 0.4) is 0 Å². The van der Waals surface area contributed by atoms with Crippen LogP contribution in [-0.4, -0.2) is 26.4 Å². The first-order valence-electron chi connectivity index (χ1n) is 6.26. The third-order valence-corrected chi connectivity index (χ3v) is 2.95. The van der Waals surface area contributed by atoms with E-state index >= 15 is 0 Å². The van der Waals surface area contributed by atoms with Crippen LogP contribution in [0.1, 0.15) is 20.7 Å².